The number of hydrogen-bond acceptors (Lipinski definition) is 3. The summed E-state index contributed by atoms with van der Waals surface area (Å²) >= 11 is 0. The van der Waals surface area contributed by atoms with Crippen LogP contribution in [0, 0.1) is 0 Å². The molecule has 0 atom stereocenters. The first-order valence-corrected chi connectivity index (χ1v) is 4.95. The maximum atomic E-state index is 12.1. The summed E-state index contributed by atoms with van der Waals surface area (Å²) < 4.78 is 79.3. The van der Waals surface area contributed by atoms with Crippen LogP contribution in [-0.2, 0) is 6.42 Å². The maximum absolute atomic E-state index is 12.1. The van der Waals surface area contributed by atoms with Gasteiger partial charge in [-0.05, 0) is 30.7 Å². The standard InChI is InChI=1S/C10H9F6NO2/c11-9(12,13)18-7-2-1-6(3-4-17)5-8(7)19-10(14,15)16/h1-2,5H,3-4,17H2. The van der Waals surface area contributed by atoms with E-state index >= 15 is 0 Å². The van der Waals surface area contributed by atoms with E-state index in [1.807, 2.05) is 0 Å². The molecule has 19 heavy (non-hydrogen) atoms. The van der Waals surface area contributed by atoms with E-state index in [0.29, 0.717) is 5.56 Å². The van der Waals surface area contributed by atoms with Crippen LogP contribution >= 0.6 is 0 Å². The highest BCUT2D eigenvalue weighted by molar-refractivity contribution is 5.43. The zero-order valence-electron chi connectivity index (χ0n) is 9.31. The molecule has 0 saturated heterocycles. The molecule has 0 aliphatic heterocycles. The highest BCUT2D eigenvalue weighted by Crippen LogP contribution is 2.36. The lowest BCUT2D eigenvalue weighted by molar-refractivity contribution is -0.287. The van der Waals surface area contributed by atoms with E-state index in [9.17, 15) is 26.3 Å². The molecule has 0 fully saturated rings. The molecule has 0 aliphatic carbocycles. The molecule has 108 valence electrons. The van der Waals surface area contributed by atoms with Crippen molar-refractivity contribution in [2.75, 3.05) is 6.54 Å². The predicted octanol–water partition coefficient (Wildman–Crippen LogP) is 2.99. The van der Waals surface area contributed by atoms with Gasteiger partial charge in [-0.1, -0.05) is 6.07 Å². The minimum absolute atomic E-state index is 0.130. The van der Waals surface area contributed by atoms with Crippen molar-refractivity contribution in [3.63, 3.8) is 0 Å². The van der Waals surface area contributed by atoms with Crippen molar-refractivity contribution in [1.82, 2.24) is 0 Å². The smallest absolute Gasteiger partial charge is 0.402 e. The van der Waals surface area contributed by atoms with Gasteiger partial charge < -0.3 is 15.2 Å². The third-order valence-electron chi connectivity index (χ3n) is 1.89. The van der Waals surface area contributed by atoms with E-state index in [0.717, 1.165) is 12.1 Å². The number of rotatable bonds is 4. The van der Waals surface area contributed by atoms with Crippen molar-refractivity contribution in [2.45, 2.75) is 19.1 Å². The molecule has 0 unspecified atom stereocenters. The summed E-state index contributed by atoms with van der Waals surface area (Å²) in [5, 5.41) is 0. The van der Waals surface area contributed by atoms with E-state index in [2.05, 4.69) is 9.47 Å². The summed E-state index contributed by atoms with van der Waals surface area (Å²) in [5.41, 5.74) is 5.51. The average Bonchev–Trinajstić information content (AvgIpc) is 2.18. The van der Waals surface area contributed by atoms with Crippen LogP contribution in [-0.4, -0.2) is 19.3 Å². The number of alkyl halides is 6. The molecule has 0 bridgehead atoms. The first-order valence-electron chi connectivity index (χ1n) is 4.95. The first-order chi connectivity index (χ1) is 8.61. The molecule has 0 spiro atoms. The molecule has 0 heterocycles. The Kier molecular flexibility index (Phi) is 4.51. The van der Waals surface area contributed by atoms with Crippen molar-refractivity contribution in [1.29, 1.82) is 0 Å². The fourth-order valence-electron chi connectivity index (χ4n) is 1.29. The maximum Gasteiger partial charge on any atom is 0.573 e. The van der Waals surface area contributed by atoms with Gasteiger partial charge in [0, 0.05) is 0 Å². The zero-order valence-corrected chi connectivity index (χ0v) is 9.31. The lowest BCUT2D eigenvalue weighted by Gasteiger charge is -2.16. The van der Waals surface area contributed by atoms with E-state index < -0.39 is 24.2 Å². The number of halogens is 6. The second kappa shape index (κ2) is 5.55. The SMILES string of the molecule is NCCc1ccc(OC(F)(F)F)c(OC(F)(F)F)c1. The number of hydrogen-bond donors (Lipinski definition) is 1. The average molecular weight is 289 g/mol. The van der Waals surface area contributed by atoms with Gasteiger partial charge in [0.1, 0.15) is 0 Å². The zero-order chi connectivity index (χ0) is 14.7. The Morgan fingerprint density at radius 2 is 1.42 bits per heavy atom. The van der Waals surface area contributed by atoms with Crippen molar-refractivity contribution < 1.29 is 35.8 Å². The van der Waals surface area contributed by atoms with E-state index in [-0.39, 0.29) is 13.0 Å². The molecule has 0 amide bonds. The van der Waals surface area contributed by atoms with Crippen LogP contribution in [0.5, 0.6) is 11.5 Å². The largest absolute Gasteiger partial charge is 0.573 e. The van der Waals surface area contributed by atoms with E-state index in [1.54, 1.807) is 0 Å². The summed E-state index contributed by atoms with van der Waals surface area (Å²) in [6.45, 7) is 0.130. The lowest BCUT2D eigenvalue weighted by Crippen LogP contribution is -2.21. The topological polar surface area (TPSA) is 44.5 Å². The Morgan fingerprint density at radius 1 is 0.895 bits per heavy atom. The Labute approximate surface area is 103 Å². The van der Waals surface area contributed by atoms with Gasteiger partial charge in [-0.2, -0.15) is 0 Å². The summed E-state index contributed by atoms with van der Waals surface area (Å²) in [5.74, 6) is -2.12. The summed E-state index contributed by atoms with van der Waals surface area (Å²) in [6.07, 6.45) is -10.0. The van der Waals surface area contributed by atoms with Gasteiger partial charge in [0.15, 0.2) is 11.5 Å². The Balaban J connectivity index is 3.07. The molecule has 9 heteroatoms. The van der Waals surface area contributed by atoms with Crippen LogP contribution in [0.2, 0.25) is 0 Å². The fraction of sp³-hybridized carbons (Fsp3) is 0.400. The molecule has 1 aromatic rings. The van der Waals surface area contributed by atoms with Gasteiger partial charge in [-0.15, -0.1) is 26.3 Å². The van der Waals surface area contributed by atoms with Crippen LogP contribution < -0.4 is 15.2 Å². The molecular weight excluding hydrogens is 280 g/mol. The Morgan fingerprint density at radius 3 is 1.89 bits per heavy atom. The Hall–Kier alpha value is -1.64. The minimum atomic E-state index is -5.12. The van der Waals surface area contributed by atoms with E-state index in [1.165, 1.54) is 6.07 Å². The van der Waals surface area contributed by atoms with Crippen molar-refractivity contribution in [3.05, 3.63) is 23.8 Å². The van der Waals surface area contributed by atoms with Crippen LogP contribution in [0.3, 0.4) is 0 Å². The third-order valence-corrected chi connectivity index (χ3v) is 1.89. The second-order valence-electron chi connectivity index (χ2n) is 3.42. The fourth-order valence-corrected chi connectivity index (χ4v) is 1.29. The molecule has 0 aromatic heterocycles. The minimum Gasteiger partial charge on any atom is -0.402 e. The molecule has 3 nitrogen and oxygen atoms in total. The normalized spacial score (nSPS) is 12.4. The van der Waals surface area contributed by atoms with Crippen LogP contribution in [0.15, 0.2) is 18.2 Å². The predicted molar refractivity (Wildman–Crippen MR) is 52.6 cm³/mol. The number of ether oxygens (including phenoxy) is 2. The van der Waals surface area contributed by atoms with Crippen molar-refractivity contribution >= 4 is 0 Å². The molecule has 1 aromatic carbocycles. The van der Waals surface area contributed by atoms with Crippen LogP contribution in [0.4, 0.5) is 26.3 Å². The monoisotopic (exact) mass is 289 g/mol. The van der Waals surface area contributed by atoms with Crippen LogP contribution in [0.25, 0.3) is 0 Å². The lowest BCUT2D eigenvalue weighted by atomic mass is 10.1. The number of benzene rings is 1. The third kappa shape index (κ3) is 5.69. The van der Waals surface area contributed by atoms with Gasteiger partial charge in [0.05, 0.1) is 0 Å². The molecular formula is C10H9F6NO2. The molecule has 0 radical (unpaired) electrons. The number of nitrogens with two attached hydrogens (primary N) is 1. The molecule has 0 saturated carbocycles. The first kappa shape index (κ1) is 15.4. The molecule has 1 rings (SSSR count). The van der Waals surface area contributed by atoms with Gasteiger partial charge in [0.2, 0.25) is 0 Å². The summed E-state index contributed by atoms with van der Waals surface area (Å²) in [7, 11) is 0. The van der Waals surface area contributed by atoms with Crippen molar-refractivity contribution in [3.8, 4) is 11.5 Å². The highest BCUT2D eigenvalue weighted by atomic mass is 19.4. The summed E-state index contributed by atoms with van der Waals surface area (Å²) in [4.78, 5) is 0. The van der Waals surface area contributed by atoms with Crippen molar-refractivity contribution in [2.24, 2.45) is 5.73 Å². The highest BCUT2D eigenvalue weighted by Gasteiger charge is 2.36. The van der Waals surface area contributed by atoms with E-state index in [4.69, 9.17) is 5.73 Å². The summed E-state index contributed by atoms with van der Waals surface area (Å²) in [6, 6.07) is 2.73. The van der Waals surface area contributed by atoms with Gasteiger partial charge in [0.25, 0.3) is 0 Å². The van der Waals surface area contributed by atoms with Crippen LogP contribution in [0.1, 0.15) is 5.56 Å². The van der Waals surface area contributed by atoms with Gasteiger partial charge in [-0.25, -0.2) is 0 Å². The molecule has 2 N–H and O–H groups in total. The van der Waals surface area contributed by atoms with Gasteiger partial charge >= 0.3 is 12.7 Å². The Bertz CT molecular complexity index is 429. The quantitative estimate of drug-likeness (QED) is 0.867. The second-order valence-corrected chi connectivity index (χ2v) is 3.42. The van der Waals surface area contributed by atoms with Gasteiger partial charge in [-0.3, -0.25) is 0 Å². The molecule has 0 aliphatic rings.